The van der Waals surface area contributed by atoms with E-state index in [4.69, 9.17) is 5.73 Å². The third kappa shape index (κ3) is 2.56. The summed E-state index contributed by atoms with van der Waals surface area (Å²) in [6, 6.07) is 0. The Hall–Kier alpha value is 0.400. The van der Waals surface area contributed by atoms with Crippen LogP contribution in [0.1, 0.15) is 12.8 Å². The maximum atomic E-state index is 5.44. The second-order valence-electron chi connectivity index (χ2n) is 2.80. The monoisotopic (exact) mass is 206 g/mol. The van der Waals surface area contributed by atoms with Crippen molar-refractivity contribution in [3.05, 3.63) is 0 Å². The molecule has 1 rings (SSSR count). The molecular weight excluding hydrogens is 192 g/mol. The highest BCUT2D eigenvalue weighted by Crippen LogP contribution is 2.16. The zero-order valence-corrected chi connectivity index (χ0v) is 7.81. The van der Waals surface area contributed by atoms with Gasteiger partial charge in [-0.25, -0.2) is 0 Å². The molecule has 0 atom stereocenters. The van der Waals surface area contributed by atoms with E-state index in [0.717, 1.165) is 17.9 Å². The summed E-state index contributed by atoms with van der Waals surface area (Å²) < 4.78 is 0. The Bertz CT molecular complexity index is 89.6. The van der Waals surface area contributed by atoms with Crippen LogP contribution in [-0.2, 0) is 0 Å². The van der Waals surface area contributed by atoms with Gasteiger partial charge in [0, 0.05) is 17.9 Å². The third-order valence-corrected chi connectivity index (χ3v) is 2.88. The molecule has 0 aromatic carbocycles. The molecule has 0 unspecified atom stereocenters. The van der Waals surface area contributed by atoms with E-state index in [0.29, 0.717) is 0 Å². The van der Waals surface area contributed by atoms with Gasteiger partial charge in [0.15, 0.2) is 0 Å². The molecule has 0 aromatic heterocycles. The zero-order valence-electron chi connectivity index (χ0n) is 6.22. The highest BCUT2D eigenvalue weighted by Gasteiger charge is 2.15. The molecule has 3 heteroatoms. The van der Waals surface area contributed by atoms with Crippen LogP contribution in [0.4, 0.5) is 0 Å². The van der Waals surface area contributed by atoms with Gasteiger partial charge in [-0.15, -0.1) is 0 Å². The van der Waals surface area contributed by atoms with Crippen molar-refractivity contribution in [2.45, 2.75) is 17.7 Å². The van der Waals surface area contributed by atoms with Crippen molar-refractivity contribution < 1.29 is 0 Å². The van der Waals surface area contributed by atoms with Gasteiger partial charge in [-0.2, -0.15) is 0 Å². The summed E-state index contributed by atoms with van der Waals surface area (Å²) in [5.41, 5.74) is 5.44. The normalized spacial score (nSPS) is 23.4. The fraction of sp³-hybridized carbons (Fsp3) is 1.00. The molecule has 1 fully saturated rings. The van der Waals surface area contributed by atoms with Gasteiger partial charge in [0.2, 0.25) is 0 Å². The van der Waals surface area contributed by atoms with Gasteiger partial charge in [-0.1, -0.05) is 15.9 Å². The van der Waals surface area contributed by atoms with E-state index < -0.39 is 0 Å². The van der Waals surface area contributed by atoms with Crippen molar-refractivity contribution in [1.29, 1.82) is 0 Å². The van der Waals surface area contributed by atoms with Gasteiger partial charge in [-0.05, 0) is 25.9 Å². The number of alkyl halides is 1. The Kier molecular flexibility index (Phi) is 3.66. The van der Waals surface area contributed by atoms with Crippen LogP contribution < -0.4 is 5.73 Å². The van der Waals surface area contributed by atoms with Crippen molar-refractivity contribution in [1.82, 2.24) is 4.90 Å². The van der Waals surface area contributed by atoms with E-state index in [1.54, 1.807) is 0 Å². The molecule has 0 aliphatic carbocycles. The summed E-state index contributed by atoms with van der Waals surface area (Å²) in [6.07, 6.45) is 2.56. The number of piperidine rings is 1. The second-order valence-corrected chi connectivity index (χ2v) is 4.10. The lowest BCUT2D eigenvalue weighted by Gasteiger charge is -2.28. The Morgan fingerprint density at radius 1 is 1.40 bits per heavy atom. The Balaban J connectivity index is 2.13. The van der Waals surface area contributed by atoms with Crippen LogP contribution in [0, 0.1) is 0 Å². The van der Waals surface area contributed by atoms with Crippen LogP contribution in [0.5, 0.6) is 0 Å². The van der Waals surface area contributed by atoms with Crippen molar-refractivity contribution in [3.8, 4) is 0 Å². The lowest BCUT2D eigenvalue weighted by Crippen LogP contribution is -2.37. The topological polar surface area (TPSA) is 29.3 Å². The first-order valence-corrected chi connectivity index (χ1v) is 4.81. The molecule has 2 N–H and O–H groups in total. The lowest BCUT2D eigenvalue weighted by atomic mass is 10.1. The molecule has 0 amide bonds. The molecule has 1 saturated heterocycles. The molecule has 0 bridgehead atoms. The Labute approximate surface area is 70.9 Å². The van der Waals surface area contributed by atoms with Crippen LogP contribution in [0.3, 0.4) is 0 Å². The summed E-state index contributed by atoms with van der Waals surface area (Å²) in [5.74, 6) is 0. The van der Waals surface area contributed by atoms with Gasteiger partial charge in [0.1, 0.15) is 0 Å². The van der Waals surface area contributed by atoms with Gasteiger partial charge < -0.3 is 10.6 Å². The SMILES string of the molecule is NCCN1CCC(Br)CC1. The van der Waals surface area contributed by atoms with Crippen LogP contribution in [0.15, 0.2) is 0 Å². The number of halogens is 1. The molecule has 0 saturated carbocycles. The first-order chi connectivity index (χ1) is 4.83. The van der Waals surface area contributed by atoms with E-state index in [1.807, 2.05) is 0 Å². The van der Waals surface area contributed by atoms with Gasteiger partial charge in [0.25, 0.3) is 0 Å². The zero-order chi connectivity index (χ0) is 7.40. The van der Waals surface area contributed by atoms with Crippen molar-refractivity contribution in [2.24, 2.45) is 5.73 Å². The van der Waals surface area contributed by atoms with Gasteiger partial charge in [0.05, 0.1) is 0 Å². The number of nitrogens with zero attached hydrogens (tertiary/aromatic N) is 1. The number of hydrogen-bond donors (Lipinski definition) is 1. The quantitative estimate of drug-likeness (QED) is 0.679. The minimum atomic E-state index is 0.751. The minimum Gasteiger partial charge on any atom is -0.329 e. The maximum absolute atomic E-state index is 5.44. The molecule has 2 nitrogen and oxygen atoms in total. The highest BCUT2D eigenvalue weighted by atomic mass is 79.9. The van der Waals surface area contributed by atoms with Crippen molar-refractivity contribution >= 4 is 15.9 Å². The van der Waals surface area contributed by atoms with Crippen molar-refractivity contribution in [3.63, 3.8) is 0 Å². The molecule has 60 valence electrons. The molecule has 0 radical (unpaired) electrons. The number of likely N-dealkylation sites (tertiary alicyclic amines) is 1. The smallest absolute Gasteiger partial charge is 0.0170 e. The molecule has 1 aliphatic heterocycles. The van der Waals surface area contributed by atoms with E-state index in [2.05, 4.69) is 20.8 Å². The van der Waals surface area contributed by atoms with E-state index >= 15 is 0 Å². The molecular formula is C7H15BrN2. The summed E-state index contributed by atoms with van der Waals surface area (Å²) in [5, 5.41) is 0. The third-order valence-electron chi connectivity index (χ3n) is 1.96. The van der Waals surface area contributed by atoms with Crippen LogP contribution >= 0.6 is 15.9 Å². The largest absolute Gasteiger partial charge is 0.329 e. The first-order valence-electron chi connectivity index (χ1n) is 3.89. The van der Waals surface area contributed by atoms with E-state index in [1.165, 1.54) is 25.9 Å². The Morgan fingerprint density at radius 3 is 2.50 bits per heavy atom. The fourth-order valence-electron chi connectivity index (χ4n) is 1.31. The first kappa shape index (κ1) is 8.50. The molecule has 0 aromatic rings. The minimum absolute atomic E-state index is 0.751. The summed E-state index contributed by atoms with van der Waals surface area (Å²) in [6.45, 7) is 4.30. The van der Waals surface area contributed by atoms with Crippen molar-refractivity contribution in [2.75, 3.05) is 26.2 Å². The standard InChI is InChI=1S/C7H15BrN2/c8-7-1-4-10(5-2-7)6-3-9/h7H,1-6,9H2. The summed E-state index contributed by atoms with van der Waals surface area (Å²) in [4.78, 5) is 3.18. The molecule has 0 spiro atoms. The predicted octanol–water partition coefficient (Wildman–Crippen LogP) is 0.804. The fourth-order valence-corrected chi connectivity index (χ4v) is 1.72. The summed E-state index contributed by atoms with van der Waals surface area (Å²) >= 11 is 3.61. The number of nitrogens with two attached hydrogens (primary N) is 1. The van der Waals surface area contributed by atoms with Gasteiger partial charge in [-0.3, -0.25) is 0 Å². The van der Waals surface area contributed by atoms with Gasteiger partial charge >= 0.3 is 0 Å². The molecule has 1 heterocycles. The van der Waals surface area contributed by atoms with E-state index in [9.17, 15) is 0 Å². The summed E-state index contributed by atoms with van der Waals surface area (Å²) in [7, 11) is 0. The number of hydrogen-bond acceptors (Lipinski definition) is 2. The lowest BCUT2D eigenvalue weighted by molar-refractivity contribution is 0.240. The highest BCUT2D eigenvalue weighted by molar-refractivity contribution is 9.09. The average Bonchev–Trinajstić information content (AvgIpc) is 1.95. The maximum Gasteiger partial charge on any atom is 0.0170 e. The van der Waals surface area contributed by atoms with E-state index in [-0.39, 0.29) is 0 Å². The van der Waals surface area contributed by atoms with Crippen LogP contribution in [0.25, 0.3) is 0 Å². The second kappa shape index (κ2) is 4.31. The molecule has 1 aliphatic rings. The predicted molar refractivity (Wildman–Crippen MR) is 47.4 cm³/mol. The number of rotatable bonds is 2. The Morgan fingerprint density at radius 2 is 2.00 bits per heavy atom. The van der Waals surface area contributed by atoms with Crippen LogP contribution in [0.2, 0.25) is 0 Å². The average molecular weight is 207 g/mol. The van der Waals surface area contributed by atoms with Crippen LogP contribution in [-0.4, -0.2) is 35.9 Å². The molecule has 10 heavy (non-hydrogen) atoms.